The molecule has 0 bridgehead atoms. The molecule has 3 rings (SSSR count). The molecule has 1 fully saturated rings. The average molecular weight is 366 g/mol. The van der Waals surface area contributed by atoms with Crippen LogP contribution in [0.25, 0.3) is 0 Å². The summed E-state index contributed by atoms with van der Waals surface area (Å²) in [6.45, 7) is 0.319. The maximum absolute atomic E-state index is 14.9. The number of carbonyl (C=O) groups is 1. The SMILES string of the molecule is O=C(Nc1cccnc1)C1(F)CCN(c2ncc(Br)cn2)C1. The van der Waals surface area contributed by atoms with E-state index < -0.39 is 11.6 Å². The van der Waals surface area contributed by atoms with E-state index in [9.17, 15) is 9.18 Å². The lowest BCUT2D eigenvalue weighted by atomic mass is 10.0. The number of pyridine rings is 1. The summed E-state index contributed by atoms with van der Waals surface area (Å²) in [7, 11) is 0. The van der Waals surface area contributed by atoms with Crippen molar-refractivity contribution in [3.05, 3.63) is 41.4 Å². The number of hydrogen-bond donors (Lipinski definition) is 1. The molecule has 2 aromatic heterocycles. The van der Waals surface area contributed by atoms with E-state index in [0.29, 0.717) is 18.2 Å². The van der Waals surface area contributed by atoms with Gasteiger partial charge in [0, 0.05) is 31.6 Å². The number of anilines is 2. The zero-order chi connectivity index (χ0) is 15.6. The lowest BCUT2D eigenvalue weighted by molar-refractivity contribution is -0.126. The van der Waals surface area contributed by atoms with Crippen LogP contribution < -0.4 is 10.2 Å². The Morgan fingerprint density at radius 2 is 2.14 bits per heavy atom. The Balaban J connectivity index is 1.69. The van der Waals surface area contributed by atoms with E-state index in [2.05, 4.69) is 36.2 Å². The van der Waals surface area contributed by atoms with Crippen molar-refractivity contribution in [2.24, 2.45) is 0 Å². The van der Waals surface area contributed by atoms with Crippen LogP contribution in [0.2, 0.25) is 0 Å². The second-order valence-corrected chi connectivity index (χ2v) is 5.95. The molecule has 1 saturated heterocycles. The standard InChI is InChI=1S/C14H13BrFN5O/c15-10-6-18-13(19-7-10)21-5-3-14(16,9-21)12(22)20-11-2-1-4-17-8-11/h1-2,4,6-8H,3,5,9H2,(H,20,22). The van der Waals surface area contributed by atoms with Gasteiger partial charge < -0.3 is 10.2 Å². The fourth-order valence-corrected chi connectivity index (χ4v) is 2.48. The fraction of sp³-hybridized carbons (Fsp3) is 0.286. The second kappa shape index (κ2) is 5.96. The van der Waals surface area contributed by atoms with Crippen molar-refractivity contribution in [1.82, 2.24) is 15.0 Å². The highest BCUT2D eigenvalue weighted by Gasteiger charge is 2.46. The van der Waals surface area contributed by atoms with Crippen molar-refractivity contribution in [2.45, 2.75) is 12.1 Å². The van der Waals surface area contributed by atoms with E-state index in [-0.39, 0.29) is 13.0 Å². The van der Waals surface area contributed by atoms with Crippen LogP contribution >= 0.6 is 15.9 Å². The number of nitrogens with zero attached hydrogens (tertiary/aromatic N) is 4. The van der Waals surface area contributed by atoms with Crippen molar-refractivity contribution in [2.75, 3.05) is 23.3 Å². The lowest BCUT2D eigenvalue weighted by Gasteiger charge is -2.20. The molecule has 1 amide bonds. The van der Waals surface area contributed by atoms with E-state index in [1.807, 2.05) is 0 Å². The Bertz CT molecular complexity index is 669. The van der Waals surface area contributed by atoms with E-state index in [4.69, 9.17) is 0 Å². The number of amides is 1. The van der Waals surface area contributed by atoms with Gasteiger partial charge >= 0.3 is 0 Å². The number of halogens is 2. The van der Waals surface area contributed by atoms with Crippen LogP contribution in [0.3, 0.4) is 0 Å². The number of hydrogen-bond acceptors (Lipinski definition) is 5. The largest absolute Gasteiger partial charge is 0.337 e. The van der Waals surface area contributed by atoms with Crippen LogP contribution in [0.4, 0.5) is 16.0 Å². The maximum Gasteiger partial charge on any atom is 0.264 e. The molecule has 1 N–H and O–H groups in total. The van der Waals surface area contributed by atoms with Gasteiger partial charge in [0.1, 0.15) is 0 Å². The molecular formula is C14H13BrFN5O. The molecule has 22 heavy (non-hydrogen) atoms. The Labute approximate surface area is 134 Å². The molecule has 0 aliphatic carbocycles. The summed E-state index contributed by atoms with van der Waals surface area (Å²) in [6.07, 6.45) is 6.35. The van der Waals surface area contributed by atoms with Gasteiger partial charge in [0.25, 0.3) is 5.91 Å². The molecule has 1 unspecified atom stereocenters. The normalized spacial score (nSPS) is 20.9. The van der Waals surface area contributed by atoms with Crippen LogP contribution in [0, 0.1) is 0 Å². The van der Waals surface area contributed by atoms with Crippen LogP contribution in [-0.4, -0.2) is 39.6 Å². The molecule has 8 heteroatoms. The molecule has 1 aliphatic heterocycles. The van der Waals surface area contributed by atoms with Gasteiger partial charge in [-0.25, -0.2) is 14.4 Å². The highest BCUT2D eigenvalue weighted by atomic mass is 79.9. The summed E-state index contributed by atoms with van der Waals surface area (Å²) in [6, 6.07) is 3.34. The summed E-state index contributed by atoms with van der Waals surface area (Å²) < 4.78 is 15.6. The summed E-state index contributed by atoms with van der Waals surface area (Å²) in [4.78, 5) is 26.0. The molecule has 1 aliphatic rings. The fourth-order valence-electron chi connectivity index (χ4n) is 2.28. The first-order valence-electron chi connectivity index (χ1n) is 6.70. The minimum Gasteiger partial charge on any atom is -0.337 e. The maximum atomic E-state index is 14.9. The van der Waals surface area contributed by atoms with Crippen LogP contribution in [0.1, 0.15) is 6.42 Å². The molecule has 1 atom stereocenters. The smallest absolute Gasteiger partial charge is 0.264 e. The van der Waals surface area contributed by atoms with Gasteiger partial charge in [-0.3, -0.25) is 9.78 Å². The Hall–Kier alpha value is -2.09. The zero-order valence-corrected chi connectivity index (χ0v) is 13.1. The van der Waals surface area contributed by atoms with Crippen molar-refractivity contribution in [1.29, 1.82) is 0 Å². The molecule has 0 spiro atoms. The monoisotopic (exact) mass is 365 g/mol. The topological polar surface area (TPSA) is 71.0 Å². The van der Waals surface area contributed by atoms with Gasteiger partial charge in [-0.05, 0) is 28.1 Å². The molecule has 0 aromatic carbocycles. The van der Waals surface area contributed by atoms with E-state index in [1.54, 1.807) is 35.6 Å². The third kappa shape index (κ3) is 3.06. The van der Waals surface area contributed by atoms with Gasteiger partial charge in [-0.1, -0.05) is 0 Å². The Morgan fingerprint density at radius 1 is 1.36 bits per heavy atom. The minimum atomic E-state index is -1.97. The number of alkyl halides is 1. The highest BCUT2D eigenvalue weighted by Crippen LogP contribution is 2.29. The van der Waals surface area contributed by atoms with Gasteiger partial charge in [0.15, 0.2) is 0 Å². The van der Waals surface area contributed by atoms with Crippen molar-refractivity contribution in [3.63, 3.8) is 0 Å². The first kappa shape index (κ1) is 14.8. The number of nitrogens with one attached hydrogen (secondary N) is 1. The van der Waals surface area contributed by atoms with Gasteiger partial charge in [-0.15, -0.1) is 0 Å². The summed E-state index contributed by atoms with van der Waals surface area (Å²) in [5.41, 5.74) is -1.49. The summed E-state index contributed by atoms with van der Waals surface area (Å²) >= 11 is 3.25. The summed E-state index contributed by atoms with van der Waals surface area (Å²) in [5.74, 6) is -0.253. The Kier molecular flexibility index (Phi) is 4.02. The minimum absolute atomic E-state index is 0.0687. The molecule has 3 heterocycles. The third-order valence-electron chi connectivity index (χ3n) is 3.44. The molecular weight excluding hydrogens is 353 g/mol. The highest BCUT2D eigenvalue weighted by molar-refractivity contribution is 9.10. The first-order valence-corrected chi connectivity index (χ1v) is 7.49. The zero-order valence-electron chi connectivity index (χ0n) is 11.5. The van der Waals surface area contributed by atoms with Crippen LogP contribution in [-0.2, 0) is 4.79 Å². The Morgan fingerprint density at radius 3 is 2.82 bits per heavy atom. The van der Waals surface area contributed by atoms with Crippen LogP contribution in [0.5, 0.6) is 0 Å². The molecule has 114 valence electrons. The second-order valence-electron chi connectivity index (χ2n) is 5.03. The van der Waals surface area contributed by atoms with Gasteiger partial charge in [0.2, 0.25) is 11.6 Å². The van der Waals surface area contributed by atoms with Crippen molar-refractivity contribution >= 4 is 33.5 Å². The predicted octanol–water partition coefficient (Wildman–Crippen LogP) is 2.19. The number of aromatic nitrogens is 3. The van der Waals surface area contributed by atoms with Crippen LogP contribution in [0.15, 0.2) is 41.4 Å². The van der Waals surface area contributed by atoms with E-state index >= 15 is 0 Å². The average Bonchev–Trinajstić information content (AvgIpc) is 2.93. The molecule has 2 aromatic rings. The number of carbonyl (C=O) groups excluding carboxylic acids is 1. The van der Waals surface area contributed by atoms with E-state index in [1.165, 1.54) is 6.20 Å². The quantitative estimate of drug-likeness (QED) is 0.902. The van der Waals surface area contributed by atoms with E-state index in [0.717, 1.165) is 4.47 Å². The number of rotatable bonds is 3. The summed E-state index contributed by atoms with van der Waals surface area (Å²) in [5, 5.41) is 2.55. The lowest BCUT2D eigenvalue weighted by Crippen LogP contribution is -2.41. The predicted molar refractivity (Wildman–Crippen MR) is 83.3 cm³/mol. The third-order valence-corrected chi connectivity index (χ3v) is 3.84. The molecule has 0 radical (unpaired) electrons. The first-order chi connectivity index (χ1) is 10.6. The molecule has 6 nitrogen and oxygen atoms in total. The van der Waals surface area contributed by atoms with Crippen molar-refractivity contribution < 1.29 is 9.18 Å². The van der Waals surface area contributed by atoms with Crippen molar-refractivity contribution in [3.8, 4) is 0 Å². The van der Waals surface area contributed by atoms with Gasteiger partial charge in [0.05, 0.1) is 22.9 Å². The van der Waals surface area contributed by atoms with Gasteiger partial charge in [-0.2, -0.15) is 0 Å². The molecule has 0 saturated carbocycles.